The Bertz CT molecular complexity index is 770. The van der Waals surface area contributed by atoms with E-state index in [1.807, 2.05) is 23.1 Å². The van der Waals surface area contributed by atoms with Crippen molar-refractivity contribution in [3.05, 3.63) is 53.9 Å². The molecule has 1 atom stereocenters. The van der Waals surface area contributed by atoms with Crippen molar-refractivity contribution in [3.8, 4) is 0 Å². The fraction of sp³-hybridized carbons (Fsp3) is 0.545. The molecule has 0 radical (unpaired) electrons. The van der Waals surface area contributed by atoms with E-state index in [1.165, 1.54) is 11.1 Å². The van der Waals surface area contributed by atoms with Crippen molar-refractivity contribution in [3.63, 3.8) is 0 Å². The number of nitrogens with zero attached hydrogens (tertiary/aromatic N) is 4. The average molecular weight is 367 g/mol. The number of hydrogen-bond acceptors (Lipinski definition) is 3. The van der Waals surface area contributed by atoms with Crippen LogP contribution in [0.4, 0.5) is 0 Å². The number of carbonyl (C=O) groups excluding carboxylic acids is 1. The third kappa shape index (κ3) is 3.53. The van der Waals surface area contributed by atoms with Crippen molar-refractivity contribution in [2.45, 2.75) is 57.7 Å². The molecule has 0 bridgehead atoms. The van der Waals surface area contributed by atoms with E-state index >= 15 is 0 Å². The van der Waals surface area contributed by atoms with E-state index in [0.717, 1.165) is 64.8 Å². The van der Waals surface area contributed by atoms with Crippen molar-refractivity contribution >= 4 is 5.91 Å². The SMILES string of the molecule is CCCN1CCCC2(CCCN2Cc2ccccc2Cn2cccn2)C1=O. The summed E-state index contributed by atoms with van der Waals surface area (Å²) in [7, 11) is 0. The minimum Gasteiger partial charge on any atom is -0.341 e. The van der Waals surface area contributed by atoms with Gasteiger partial charge >= 0.3 is 0 Å². The summed E-state index contributed by atoms with van der Waals surface area (Å²) >= 11 is 0. The van der Waals surface area contributed by atoms with Gasteiger partial charge in [0.05, 0.1) is 6.54 Å². The van der Waals surface area contributed by atoms with Crippen molar-refractivity contribution in [1.82, 2.24) is 19.6 Å². The van der Waals surface area contributed by atoms with Crippen LogP contribution in [0.5, 0.6) is 0 Å². The first-order valence-corrected chi connectivity index (χ1v) is 10.3. The Morgan fingerprint density at radius 2 is 1.78 bits per heavy atom. The lowest BCUT2D eigenvalue weighted by Gasteiger charge is -2.45. The summed E-state index contributed by atoms with van der Waals surface area (Å²) in [5.41, 5.74) is 2.33. The summed E-state index contributed by atoms with van der Waals surface area (Å²) in [5.74, 6) is 0.373. The van der Waals surface area contributed by atoms with Crippen LogP contribution in [0.3, 0.4) is 0 Å². The Morgan fingerprint density at radius 3 is 2.48 bits per heavy atom. The number of amides is 1. The van der Waals surface area contributed by atoms with Crippen molar-refractivity contribution in [2.75, 3.05) is 19.6 Å². The Kier molecular flexibility index (Phi) is 5.30. The lowest BCUT2D eigenvalue weighted by Crippen LogP contribution is -2.59. The molecular formula is C22H30N4O. The summed E-state index contributed by atoms with van der Waals surface area (Å²) in [6.45, 7) is 6.62. The van der Waals surface area contributed by atoms with Gasteiger partial charge in [-0.25, -0.2) is 0 Å². The van der Waals surface area contributed by atoms with E-state index in [4.69, 9.17) is 0 Å². The van der Waals surface area contributed by atoms with E-state index in [-0.39, 0.29) is 5.54 Å². The van der Waals surface area contributed by atoms with E-state index in [2.05, 4.69) is 46.1 Å². The molecule has 1 aromatic heterocycles. The molecule has 4 rings (SSSR count). The van der Waals surface area contributed by atoms with Crippen LogP contribution in [0.25, 0.3) is 0 Å². The van der Waals surface area contributed by atoms with Crippen LogP contribution in [-0.4, -0.2) is 50.7 Å². The molecule has 2 aliphatic rings. The van der Waals surface area contributed by atoms with Gasteiger partial charge in [0.25, 0.3) is 0 Å². The van der Waals surface area contributed by atoms with Gasteiger partial charge in [-0.2, -0.15) is 5.10 Å². The highest BCUT2D eigenvalue weighted by Crippen LogP contribution is 2.39. The zero-order valence-corrected chi connectivity index (χ0v) is 16.3. The molecule has 2 saturated heterocycles. The number of carbonyl (C=O) groups is 1. The highest BCUT2D eigenvalue weighted by molar-refractivity contribution is 5.87. The second-order valence-corrected chi connectivity index (χ2v) is 7.92. The Labute approximate surface area is 162 Å². The number of piperidine rings is 1. The Morgan fingerprint density at radius 1 is 1.04 bits per heavy atom. The Hall–Kier alpha value is -2.14. The lowest BCUT2D eigenvalue weighted by atomic mass is 9.85. The van der Waals surface area contributed by atoms with Crippen LogP contribution in [-0.2, 0) is 17.9 Å². The summed E-state index contributed by atoms with van der Waals surface area (Å²) in [6.07, 6.45) is 9.11. The standard InChI is InChI=1S/C22H30N4O/c1-2-13-24-14-5-10-22(21(24)27)11-6-15-25(22)17-19-8-3-4-9-20(19)18-26-16-7-12-23-26/h3-4,7-9,12,16H,2,5-6,10-11,13-15,17-18H2,1H3. The third-order valence-corrected chi connectivity index (χ3v) is 6.19. The number of rotatable bonds is 6. The molecular weight excluding hydrogens is 336 g/mol. The van der Waals surface area contributed by atoms with Crippen LogP contribution < -0.4 is 0 Å². The van der Waals surface area contributed by atoms with Gasteiger partial charge < -0.3 is 4.90 Å². The first kappa shape index (κ1) is 18.2. The van der Waals surface area contributed by atoms with E-state index in [9.17, 15) is 4.79 Å². The molecule has 0 N–H and O–H groups in total. The maximum atomic E-state index is 13.4. The molecule has 5 heteroatoms. The minimum absolute atomic E-state index is 0.272. The second-order valence-electron chi connectivity index (χ2n) is 7.92. The summed E-state index contributed by atoms with van der Waals surface area (Å²) in [6, 6.07) is 10.6. The normalized spacial score (nSPS) is 23.4. The Balaban J connectivity index is 1.56. The minimum atomic E-state index is -0.272. The number of likely N-dealkylation sites (tertiary alicyclic amines) is 2. The van der Waals surface area contributed by atoms with Crippen LogP contribution in [0.1, 0.15) is 50.2 Å². The molecule has 2 fully saturated rings. The molecule has 1 spiro atoms. The van der Waals surface area contributed by atoms with Gasteiger partial charge in [0.2, 0.25) is 5.91 Å². The first-order valence-electron chi connectivity index (χ1n) is 10.3. The molecule has 0 aliphatic carbocycles. The molecule has 1 aromatic carbocycles. The molecule has 2 aromatic rings. The summed E-state index contributed by atoms with van der Waals surface area (Å²) in [5, 5.41) is 4.35. The van der Waals surface area contributed by atoms with Gasteiger partial charge in [0.15, 0.2) is 0 Å². The van der Waals surface area contributed by atoms with Gasteiger partial charge in [-0.05, 0) is 55.8 Å². The first-order chi connectivity index (χ1) is 13.2. The molecule has 144 valence electrons. The summed E-state index contributed by atoms with van der Waals surface area (Å²) < 4.78 is 1.97. The molecule has 2 aliphatic heterocycles. The van der Waals surface area contributed by atoms with Crippen LogP contribution in [0.15, 0.2) is 42.7 Å². The van der Waals surface area contributed by atoms with Crippen molar-refractivity contribution in [2.24, 2.45) is 0 Å². The smallest absolute Gasteiger partial charge is 0.243 e. The summed E-state index contributed by atoms with van der Waals surface area (Å²) in [4.78, 5) is 17.9. The second kappa shape index (κ2) is 7.85. The molecule has 3 heterocycles. The van der Waals surface area contributed by atoms with E-state index < -0.39 is 0 Å². The average Bonchev–Trinajstić information content (AvgIpc) is 3.32. The predicted octanol–water partition coefficient (Wildman–Crippen LogP) is 3.30. The maximum absolute atomic E-state index is 13.4. The maximum Gasteiger partial charge on any atom is 0.243 e. The number of aromatic nitrogens is 2. The van der Waals surface area contributed by atoms with Crippen LogP contribution >= 0.6 is 0 Å². The van der Waals surface area contributed by atoms with Gasteiger partial charge in [0.1, 0.15) is 5.54 Å². The van der Waals surface area contributed by atoms with Crippen LogP contribution in [0.2, 0.25) is 0 Å². The van der Waals surface area contributed by atoms with E-state index in [1.54, 1.807) is 0 Å². The third-order valence-electron chi connectivity index (χ3n) is 6.19. The van der Waals surface area contributed by atoms with Crippen molar-refractivity contribution in [1.29, 1.82) is 0 Å². The highest BCUT2D eigenvalue weighted by Gasteiger charge is 2.50. The molecule has 1 unspecified atom stereocenters. The predicted molar refractivity (Wildman–Crippen MR) is 106 cm³/mol. The van der Waals surface area contributed by atoms with Crippen LogP contribution in [0, 0.1) is 0 Å². The monoisotopic (exact) mass is 366 g/mol. The van der Waals surface area contributed by atoms with Gasteiger partial charge in [-0.15, -0.1) is 0 Å². The fourth-order valence-corrected chi connectivity index (χ4v) is 4.88. The topological polar surface area (TPSA) is 41.4 Å². The lowest BCUT2D eigenvalue weighted by molar-refractivity contribution is -0.147. The molecule has 0 saturated carbocycles. The molecule has 5 nitrogen and oxygen atoms in total. The molecule has 1 amide bonds. The fourth-order valence-electron chi connectivity index (χ4n) is 4.88. The highest BCUT2D eigenvalue weighted by atomic mass is 16.2. The number of hydrogen-bond donors (Lipinski definition) is 0. The zero-order chi connectivity index (χ0) is 18.7. The van der Waals surface area contributed by atoms with Crippen molar-refractivity contribution < 1.29 is 4.79 Å². The van der Waals surface area contributed by atoms with Gasteiger partial charge in [0, 0.05) is 32.0 Å². The van der Waals surface area contributed by atoms with Gasteiger partial charge in [-0.3, -0.25) is 14.4 Å². The quantitative estimate of drug-likeness (QED) is 0.788. The largest absolute Gasteiger partial charge is 0.341 e. The van der Waals surface area contributed by atoms with Gasteiger partial charge in [-0.1, -0.05) is 31.2 Å². The molecule has 27 heavy (non-hydrogen) atoms. The number of benzene rings is 1. The van der Waals surface area contributed by atoms with E-state index in [0.29, 0.717) is 5.91 Å². The zero-order valence-electron chi connectivity index (χ0n) is 16.3.